The van der Waals surface area contributed by atoms with Gasteiger partial charge in [-0.1, -0.05) is 0 Å². The zero-order valence-electron chi connectivity index (χ0n) is 12.2. The second-order valence-electron chi connectivity index (χ2n) is 4.63. The van der Waals surface area contributed by atoms with E-state index in [1.807, 2.05) is 25.9 Å². The standard InChI is InChI=1S/C14H22N4O2/c1-4-16-13(19)7-8-17-14(20)11-9-10(15)5-6-12(11)18(2)3/h5-6,9H,4,7-8,15H2,1-3H3,(H,16,19)(H,17,20). The molecule has 110 valence electrons. The topological polar surface area (TPSA) is 87.5 Å². The molecule has 0 bridgehead atoms. The molecule has 0 heterocycles. The number of amides is 2. The Morgan fingerprint density at radius 2 is 1.95 bits per heavy atom. The molecule has 1 aromatic carbocycles. The van der Waals surface area contributed by atoms with Gasteiger partial charge in [0, 0.05) is 45.0 Å². The van der Waals surface area contributed by atoms with Crippen LogP contribution < -0.4 is 21.3 Å². The fourth-order valence-corrected chi connectivity index (χ4v) is 1.80. The maximum absolute atomic E-state index is 12.1. The highest BCUT2D eigenvalue weighted by Gasteiger charge is 2.13. The van der Waals surface area contributed by atoms with Crippen LogP contribution in [0.4, 0.5) is 11.4 Å². The highest BCUT2D eigenvalue weighted by Crippen LogP contribution is 2.21. The molecule has 0 aliphatic heterocycles. The summed E-state index contributed by atoms with van der Waals surface area (Å²) >= 11 is 0. The first-order valence-electron chi connectivity index (χ1n) is 6.57. The maximum atomic E-state index is 12.1. The van der Waals surface area contributed by atoms with Crippen LogP contribution in [-0.4, -0.2) is 39.0 Å². The minimum atomic E-state index is -0.231. The van der Waals surface area contributed by atoms with Gasteiger partial charge >= 0.3 is 0 Å². The van der Waals surface area contributed by atoms with Crippen molar-refractivity contribution in [1.29, 1.82) is 0 Å². The fraction of sp³-hybridized carbons (Fsp3) is 0.429. The summed E-state index contributed by atoms with van der Waals surface area (Å²) in [5.41, 5.74) is 7.54. The number of nitrogens with zero attached hydrogens (tertiary/aromatic N) is 1. The smallest absolute Gasteiger partial charge is 0.253 e. The second kappa shape index (κ2) is 7.37. The highest BCUT2D eigenvalue weighted by molar-refractivity contribution is 6.00. The van der Waals surface area contributed by atoms with Crippen LogP contribution in [0, 0.1) is 0 Å². The van der Waals surface area contributed by atoms with E-state index in [2.05, 4.69) is 10.6 Å². The third-order valence-electron chi connectivity index (χ3n) is 2.76. The number of hydrogen-bond donors (Lipinski definition) is 3. The van der Waals surface area contributed by atoms with Gasteiger partial charge in [0.25, 0.3) is 5.91 Å². The van der Waals surface area contributed by atoms with Crippen molar-refractivity contribution in [1.82, 2.24) is 10.6 Å². The van der Waals surface area contributed by atoms with Crippen LogP contribution in [0.25, 0.3) is 0 Å². The Kier molecular flexibility index (Phi) is 5.83. The molecule has 4 N–H and O–H groups in total. The molecule has 1 aromatic rings. The van der Waals surface area contributed by atoms with Crippen LogP contribution in [0.1, 0.15) is 23.7 Å². The lowest BCUT2D eigenvalue weighted by Crippen LogP contribution is -2.31. The summed E-state index contributed by atoms with van der Waals surface area (Å²) in [4.78, 5) is 25.3. The zero-order valence-corrected chi connectivity index (χ0v) is 12.2. The average molecular weight is 278 g/mol. The summed E-state index contributed by atoms with van der Waals surface area (Å²) in [7, 11) is 3.72. The Morgan fingerprint density at radius 3 is 2.55 bits per heavy atom. The van der Waals surface area contributed by atoms with Crippen molar-refractivity contribution in [3.63, 3.8) is 0 Å². The number of nitrogen functional groups attached to an aromatic ring is 1. The molecule has 0 radical (unpaired) electrons. The van der Waals surface area contributed by atoms with Crippen LogP contribution in [0.15, 0.2) is 18.2 Å². The van der Waals surface area contributed by atoms with Crippen molar-refractivity contribution in [3.8, 4) is 0 Å². The van der Waals surface area contributed by atoms with Gasteiger partial charge in [-0.25, -0.2) is 0 Å². The van der Waals surface area contributed by atoms with E-state index in [4.69, 9.17) is 5.73 Å². The van der Waals surface area contributed by atoms with E-state index >= 15 is 0 Å². The molecule has 1 rings (SSSR count). The molecule has 6 nitrogen and oxygen atoms in total. The summed E-state index contributed by atoms with van der Waals surface area (Å²) in [6, 6.07) is 5.19. The van der Waals surface area contributed by atoms with E-state index in [1.54, 1.807) is 18.2 Å². The van der Waals surface area contributed by atoms with Gasteiger partial charge < -0.3 is 21.3 Å². The molecule has 0 saturated carbocycles. The summed E-state index contributed by atoms with van der Waals surface area (Å²) in [5, 5.41) is 5.41. The third-order valence-corrected chi connectivity index (χ3v) is 2.76. The Bertz CT molecular complexity index is 486. The first-order chi connectivity index (χ1) is 9.45. The molecule has 0 spiro atoms. The largest absolute Gasteiger partial charge is 0.399 e. The van der Waals surface area contributed by atoms with Gasteiger partial charge in [0.05, 0.1) is 5.56 Å². The monoisotopic (exact) mass is 278 g/mol. The lowest BCUT2D eigenvalue weighted by Gasteiger charge is -2.17. The van der Waals surface area contributed by atoms with E-state index in [0.29, 0.717) is 24.3 Å². The summed E-state index contributed by atoms with van der Waals surface area (Å²) in [6.07, 6.45) is 0.263. The van der Waals surface area contributed by atoms with Gasteiger partial charge in [0.15, 0.2) is 0 Å². The molecule has 0 unspecified atom stereocenters. The van der Waals surface area contributed by atoms with Crippen LogP contribution in [0.2, 0.25) is 0 Å². The number of nitrogens with one attached hydrogen (secondary N) is 2. The van der Waals surface area contributed by atoms with Gasteiger partial charge in [0.1, 0.15) is 0 Å². The number of hydrogen-bond acceptors (Lipinski definition) is 4. The Hall–Kier alpha value is -2.24. The molecular formula is C14H22N4O2. The number of carbonyl (C=O) groups excluding carboxylic acids is 2. The number of anilines is 2. The van der Waals surface area contributed by atoms with Crippen molar-refractivity contribution in [2.24, 2.45) is 0 Å². The Balaban J connectivity index is 2.67. The quantitative estimate of drug-likeness (QED) is 0.665. The van der Waals surface area contributed by atoms with Crippen molar-refractivity contribution in [3.05, 3.63) is 23.8 Å². The predicted molar refractivity (Wildman–Crippen MR) is 80.8 cm³/mol. The normalized spacial score (nSPS) is 9.95. The highest BCUT2D eigenvalue weighted by atomic mass is 16.2. The fourth-order valence-electron chi connectivity index (χ4n) is 1.80. The van der Waals surface area contributed by atoms with Crippen LogP contribution in [0.5, 0.6) is 0 Å². The molecule has 0 atom stereocenters. The van der Waals surface area contributed by atoms with Crippen molar-refractivity contribution < 1.29 is 9.59 Å². The molecule has 2 amide bonds. The maximum Gasteiger partial charge on any atom is 0.253 e. The number of nitrogens with two attached hydrogens (primary N) is 1. The van der Waals surface area contributed by atoms with Gasteiger partial charge in [-0.3, -0.25) is 9.59 Å². The average Bonchev–Trinajstić information content (AvgIpc) is 2.38. The van der Waals surface area contributed by atoms with Gasteiger partial charge in [-0.2, -0.15) is 0 Å². The van der Waals surface area contributed by atoms with Crippen LogP contribution >= 0.6 is 0 Å². The molecule has 0 aliphatic carbocycles. The summed E-state index contributed by atoms with van der Waals surface area (Å²) < 4.78 is 0. The third kappa shape index (κ3) is 4.46. The molecule has 6 heteroatoms. The number of benzene rings is 1. The van der Waals surface area contributed by atoms with Crippen LogP contribution in [-0.2, 0) is 4.79 Å². The Morgan fingerprint density at radius 1 is 1.25 bits per heavy atom. The molecule has 0 aromatic heterocycles. The summed E-state index contributed by atoms with van der Waals surface area (Å²) in [6.45, 7) is 2.74. The lowest BCUT2D eigenvalue weighted by molar-refractivity contribution is -0.120. The number of carbonyl (C=O) groups is 2. The second-order valence-corrected chi connectivity index (χ2v) is 4.63. The molecular weight excluding hydrogens is 256 g/mol. The minimum absolute atomic E-state index is 0.0757. The SMILES string of the molecule is CCNC(=O)CCNC(=O)c1cc(N)ccc1N(C)C. The van der Waals surface area contributed by atoms with Crippen molar-refractivity contribution in [2.45, 2.75) is 13.3 Å². The zero-order chi connectivity index (χ0) is 15.1. The van der Waals surface area contributed by atoms with E-state index < -0.39 is 0 Å². The summed E-state index contributed by atoms with van der Waals surface area (Å²) in [5.74, 6) is -0.307. The van der Waals surface area contributed by atoms with Crippen LogP contribution in [0.3, 0.4) is 0 Å². The van der Waals surface area contributed by atoms with Gasteiger partial charge in [-0.05, 0) is 25.1 Å². The number of rotatable bonds is 6. The lowest BCUT2D eigenvalue weighted by atomic mass is 10.1. The van der Waals surface area contributed by atoms with Gasteiger partial charge in [-0.15, -0.1) is 0 Å². The van der Waals surface area contributed by atoms with Crippen molar-refractivity contribution in [2.75, 3.05) is 37.8 Å². The molecule has 0 saturated heterocycles. The van der Waals surface area contributed by atoms with E-state index in [1.165, 1.54) is 0 Å². The van der Waals surface area contributed by atoms with Gasteiger partial charge in [0.2, 0.25) is 5.91 Å². The Labute approximate surface area is 119 Å². The molecule has 20 heavy (non-hydrogen) atoms. The first-order valence-corrected chi connectivity index (χ1v) is 6.57. The van der Waals surface area contributed by atoms with E-state index in [0.717, 1.165) is 5.69 Å². The van der Waals surface area contributed by atoms with E-state index in [9.17, 15) is 9.59 Å². The minimum Gasteiger partial charge on any atom is -0.399 e. The van der Waals surface area contributed by atoms with Crippen molar-refractivity contribution >= 4 is 23.2 Å². The molecule has 0 aliphatic rings. The molecule has 0 fully saturated rings. The first kappa shape index (κ1) is 15.8. The predicted octanol–water partition coefficient (Wildman–Crippen LogP) is 0.591. The van der Waals surface area contributed by atoms with E-state index in [-0.39, 0.29) is 18.2 Å².